The number of carbonyl (C=O) groups excluding carboxylic acids is 2. The van der Waals surface area contributed by atoms with E-state index in [9.17, 15) is 9.59 Å². The average Bonchev–Trinajstić information content (AvgIpc) is 3.34. The van der Waals surface area contributed by atoms with Gasteiger partial charge in [0.25, 0.3) is 5.91 Å². The molecule has 0 radical (unpaired) electrons. The third kappa shape index (κ3) is 4.94. The molecule has 1 saturated carbocycles. The Morgan fingerprint density at radius 1 is 1.32 bits per heavy atom. The van der Waals surface area contributed by atoms with Crippen LogP contribution in [0.5, 0.6) is 0 Å². The quantitative estimate of drug-likeness (QED) is 0.796. The Balaban J connectivity index is 0.00000225. The SMILES string of the molecule is Cl.N#Cc1cccc(C(=O)N[C@H]2CN(CCC(N)=O)C[C@@H]2C2CC2)c1. The van der Waals surface area contributed by atoms with E-state index >= 15 is 0 Å². The van der Waals surface area contributed by atoms with Crippen LogP contribution < -0.4 is 11.1 Å². The molecule has 1 heterocycles. The Morgan fingerprint density at radius 2 is 2.08 bits per heavy atom. The second-order valence-electron chi connectivity index (χ2n) is 6.75. The number of halogens is 1. The molecule has 25 heavy (non-hydrogen) atoms. The summed E-state index contributed by atoms with van der Waals surface area (Å²) >= 11 is 0. The molecule has 3 N–H and O–H groups in total. The highest BCUT2D eigenvalue weighted by molar-refractivity contribution is 5.94. The number of nitrogens with zero attached hydrogens (tertiary/aromatic N) is 2. The zero-order chi connectivity index (χ0) is 17.1. The van der Waals surface area contributed by atoms with Gasteiger partial charge in [-0.1, -0.05) is 6.07 Å². The molecule has 2 aliphatic rings. The Hall–Kier alpha value is -2.10. The molecule has 1 saturated heterocycles. The number of hydrogen-bond donors (Lipinski definition) is 2. The number of nitrogens with one attached hydrogen (secondary N) is 1. The van der Waals surface area contributed by atoms with Crippen molar-refractivity contribution in [1.29, 1.82) is 5.26 Å². The van der Waals surface area contributed by atoms with Crippen molar-refractivity contribution < 1.29 is 9.59 Å². The third-order valence-electron chi connectivity index (χ3n) is 4.91. The summed E-state index contributed by atoms with van der Waals surface area (Å²) in [7, 11) is 0. The number of rotatable bonds is 6. The van der Waals surface area contributed by atoms with E-state index < -0.39 is 0 Å². The van der Waals surface area contributed by atoms with Crippen molar-refractivity contribution in [2.24, 2.45) is 17.6 Å². The number of hydrogen-bond acceptors (Lipinski definition) is 4. The van der Waals surface area contributed by atoms with Crippen LogP contribution in [0.3, 0.4) is 0 Å². The molecule has 1 aliphatic carbocycles. The van der Waals surface area contributed by atoms with Gasteiger partial charge in [0.05, 0.1) is 11.6 Å². The highest BCUT2D eigenvalue weighted by atomic mass is 35.5. The van der Waals surface area contributed by atoms with Crippen LogP contribution in [0.4, 0.5) is 0 Å². The Labute approximate surface area is 153 Å². The molecule has 6 nitrogen and oxygen atoms in total. The number of nitrogens with two attached hydrogens (primary N) is 1. The minimum Gasteiger partial charge on any atom is -0.370 e. The number of carbonyl (C=O) groups is 2. The minimum atomic E-state index is -0.293. The Morgan fingerprint density at radius 3 is 2.72 bits per heavy atom. The molecule has 1 aliphatic heterocycles. The minimum absolute atomic E-state index is 0. The number of benzene rings is 1. The third-order valence-corrected chi connectivity index (χ3v) is 4.91. The molecule has 0 unspecified atom stereocenters. The van der Waals surface area contributed by atoms with Crippen LogP contribution in [-0.2, 0) is 4.79 Å². The zero-order valence-corrected chi connectivity index (χ0v) is 14.8. The van der Waals surface area contributed by atoms with Crippen molar-refractivity contribution in [3.8, 4) is 6.07 Å². The van der Waals surface area contributed by atoms with E-state index in [1.165, 1.54) is 12.8 Å². The van der Waals surface area contributed by atoms with Gasteiger partial charge in [0.1, 0.15) is 0 Å². The van der Waals surface area contributed by atoms with Crippen LogP contribution in [0.15, 0.2) is 24.3 Å². The summed E-state index contributed by atoms with van der Waals surface area (Å²) in [6.07, 6.45) is 2.78. The van der Waals surface area contributed by atoms with Crippen molar-refractivity contribution >= 4 is 24.2 Å². The van der Waals surface area contributed by atoms with Crippen LogP contribution in [-0.4, -0.2) is 42.4 Å². The number of primary amides is 1. The van der Waals surface area contributed by atoms with Gasteiger partial charge in [-0.25, -0.2) is 0 Å². The molecule has 0 bridgehead atoms. The molecular weight excluding hydrogens is 340 g/mol. The maximum absolute atomic E-state index is 12.5. The van der Waals surface area contributed by atoms with E-state index in [0.29, 0.717) is 35.9 Å². The second-order valence-corrected chi connectivity index (χ2v) is 6.75. The lowest BCUT2D eigenvalue weighted by Gasteiger charge is -2.19. The van der Waals surface area contributed by atoms with Crippen molar-refractivity contribution in [2.45, 2.75) is 25.3 Å². The molecule has 134 valence electrons. The molecule has 7 heteroatoms. The molecule has 0 aromatic heterocycles. The Bertz CT molecular complexity index is 684. The summed E-state index contributed by atoms with van der Waals surface area (Å²) in [5.74, 6) is 0.665. The molecule has 2 fully saturated rings. The molecule has 2 atom stereocenters. The van der Waals surface area contributed by atoms with Crippen LogP contribution in [0.1, 0.15) is 35.2 Å². The summed E-state index contributed by atoms with van der Waals surface area (Å²) in [5, 5.41) is 12.1. The lowest BCUT2D eigenvalue weighted by Crippen LogP contribution is -2.41. The lowest BCUT2D eigenvalue weighted by atomic mass is 9.97. The van der Waals surface area contributed by atoms with E-state index in [4.69, 9.17) is 11.0 Å². The fraction of sp³-hybridized carbons (Fsp3) is 0.500. The summed E-state index contributed by atoms with van der Waals surface area (Å²) in [5.41, 5.74) is 6.23. The monoisotopic (exact) mass is 362 g/mol. The van der Waals surface area contributed by atoms with Gasteiger partial charge >= 0.3 is 0 Å². The number of amides is 2. The van der Waals surface area contributed by atoms with Gasteiger partial charge in [-0.15, -0.1) is 12.4 Å². The van der Waals surface area contributed by atoms with Crippen LogP contribution >= 0.6 is 12.4 Å². The van der Waals surface area contributed by atoms with Crippen molar-refractivity contribution in [1.82, 2.24) is 10.2 Å². The number of nitriles is 1. The smallest absolute Gasteiger partial charge is 0.251 e. The van der Waals surface area contributed by atoms with Gasteiger partial charge in [0.15, 0.2) is 0 Å². The van der Waals surface area contributed by atoms with E-state index in [2.05, 4.69) is 16.3 Å². The topological polar surface area (TPSA) is 99.2 Å². The maximum Gasteiger partial charge on any atom is 0.251 e. The maximum atomic E-state index is 12.5. The van der Waals surface area contributed by atoms with Gasteiger partial charge in [-0.05, 0) is 42.9 Å². The molecule has 0 spiro atoms. The van der Waals surface area contributed by atoms with Gasteiger partial charge in [-0.3, -0.25) is 9.59 Å². The fourth-order valence-electron chi connectivity index (χ4n) is 3.50. The first-order chi connectivity index (χ1) is 11.6. The van der Waals surface area contributed by atoms with Crippen molar-refractivity contribution in [3.63, 3.8) is 0 Å². The zero-order valence-electron chi connectivity index (χ0n) is 14.0. The van der Waals surface area contributed by atoms with E-state index in [1.807, 2.05) is 0 Å². The molecule has 1 aromatic rings. The van der Waals surface area contributed by atoms with Crippen LogP contribution in [0, 0.1) is 23.2 Å². The van der Waals surface area contributed by atoms with E-state index in [0.717, 1.165) is 13.1 Å². The highest BCUT2D eigenvalue weighted by Gasteiger charge is 2.42. The van der Waals surface area contributed by atoms with Gasteiger partial charge in [0, 0.05) is 37.7 Å². The second kappa shape index (κ2) is 8.32. The molecule has 2 amide bonds. The molecular formula is C18H23ClN4O2. The first-order valence-corrected chi connectivity index (χ1v) is 8.38. The van der Waals surface area contributed by atoms with Gasteiger partial charge < -0.3 is 16.0 Å². The van der Waals surface area contributed by atoms with Gasteiger partial charge in [-0.2, -0.15) is 5.26 Å². The number of likely N-dealkylation sites (tertiary alicyclic amines) is 1. The predicted molar refractivity (Wildman–Crippen MR) is 96.1 cm³/mol. The normalized spacial score (nSPS) is 22.7. The van der Waals surface area contributed by atoms with Gasteiger partial charge in [0.2, 0.25) is 5.91 Å². The summed E-state index contributed by atoms with van der Waals surface area (Å²) < 4.78 is 0. The Kier molecular flexibility index (Phi) is 6.40. The first kappa shape index (κ1) is 19.2. The van der Waals surface area contributed by atoms with E-state index in [1.54, 1.807) is 24.3 Å². The predicted octanol–water partition coefficient (Wildman–Crippen LogP) is 1.30. The summed E-state index contributed by atoms with van der Waals surface area (Å²) in [6.45, 7) is 2.30. The summed E-state index contributed by atoms with van der Waals surface area (Å²) in [4.78, 5) is 25.7. The molecule has 1 aromatic carbocycles. The van der Waals surface area contributed by atoms with Crippen molar-refractivity contribution in [2.75, 3.05) is 19.6 Å². The summed E-state index contributed by atoms with van der Waals surface area (Å²) in [6, 6.07) is 8.89. The fourth-order valence-corrected chi connectivity index (χ4v) is 3.50. The van der Waals surface area contributed by atoms with E-state index in [-0.39, 0.29) is 30.3 Å². The van der Waals surface area contributed by atoms with Crippen LogP contribution in [0.25, 0.3) is 0 Å². The lowest BCUT2D eigenvalue weighted by molar-refractivity contribution is -0.118. The largest absolute Gasteiger partial charge is 0.370 e. The first-order valence-electron chi connectivity index (χ1n) is 8.38. The standard InChI is InChI=1S/C18H22N4O2.ClH/c19-9-12-2-1-3-14(8-12)18(24)21-16-11-22(7-6-17(20)23)10-15(16)13-4-5-13;/h1-3,8,13,15-16H,4-7,10-11H2,(H2,20,23)(H,21,24);1H/t15-,16+;/m1./s1. The molecule has 3 rings (SSSR count). The average molecular weight is 363 g/mol. The van der Waals surface area contributed by atoms with Crippen molar-refractivity contribution in [3.05, 3.63) is 35.4 Å². The van der Waals surface area contributed by atoms with Crippen LogP contribution in [0.2, 0.25) is 0 Å². The highest BCUT2D eigenvalue weighted by Crippen LogP contribution is 2.41.